The fourth-order valence-electron chi connectivity index (χ4n) is 3.86. The lowest BCUT2D eigenvalue weighted by Crippen LogP contribution is -2.60. The van der Waals surface area contributed by atoms with Crippen molar-refractivity contribution in [2.24, 2.45) is 5.92 Å². The van der Waals surface area contributed by atoms with E-state index in [1.807, 2.05) is 25.1 Å². The summed E-state index contributed by atoms with van der Waals surface area (Å²) in [5, 5.41) is 10.9. The topological polar surface area (TPSA) is 73.7 Å². The molecule has 24 heavy (non-hydrogen) atoms. The highest BCUT2D eigenvalue weighted by molar-refractivity contribution is 7.88. The summed E-state index contributed by atoms with van der Waals surface area (Å²) in [5.74, 6) is -0.0137. The molecule has 0 bridgehead atoms. The van der Waals surface area contributed by atoms with Crippen molar-refractivity contribution in [2.75, 3.05) is 39.0 Å². The van der Waals surface area contributed by atoms with Crippen molar-refractivity contribution in [3.8, 4) is 0 Å². The van der Waals surface area contributed by atoms with Crippen molar-refractivity contribution in [1.82, 2.24) is 14.2 Å². The number of likely N-dealkylation sites (tertiary alicyclic amines) is 1. The largest absolute Gasteiger partial charge is 0.389 e. The van der Waals surface area contributed by atoms with Crippen LogP contribution in [0.5, 0.6) is 0 Å². The zero-order chi connectivity index (χ0) is 17.4. The van der Waals surface area contributed by atoms with Crippen LogP contribution in [0.25, 0.3) is 0 Å². The monoisotopic (exact) mass is 353 g/mol. The van der Waals surface area contributed by atoms with Crippen molar-refractivity contribution in [2.45, 2.75) is 31.8 Å². The molecule has 7 heteroatoms. The number of piperidine rings is 2. The average Bonchev–Trinajstić information content (AvgIpc) is 2.51. The van der Waals surface area contributed by atoms with Crippen molar-refractivity contribution in [1.29, 1.82) is 0 Å². The SMILES string of the molecule is Cc1cccc(CCN2CC[C@@]3(O)CCN(S(C)(=O)=O)C[C@H]3C2)n1. The first kappa shape index (κ1) is 17.8. The quantitative estimate of drug-likeness (QED) is 0.860. The zero-order valence-electron chi connectivity index (χ0n) is 14.5. The molecule has 0 spiro atoms. The lowest BCUT2D eigenvalue weighted by atomic mass is 9.76. The van der Waals surface area contributed by atoms with E-state index in [1.165, 1.54) is 10.6 Å². The van der Waals surface area contributed by atoms with Gasteiger partial charge in [0.25, 0.3) is 0 Å². The van der Waals surface area contributed by atoms with E-state index in [2.05, 4.69) is 9.88 Å². The van der Waals surface area contributed by atoms with Gasteiger partial charge in [-0.05, 0) is 31.9 Å². The van der Waals surface area contributed by atoms with Gasteiger partial charge in [0.1, 0.15) is 0 Å². The van der Waals surface area contributed by atoms with Crippen LogP contribution in [0.2, 0.25) is 0 Å². The van der Waals surface area contributed by atoms with E-state index in [4.69, 9.17) is 0 Å². The van der Waals surface area contributed by atoms with E-state index in [1.54, 1.807) is 0 Å². The van der Waals surface area contributed by atoms with Gasteiger partial charge in [-0.2, -0.15) is 0 Å². The molecule has 0 aromatic carbocycles. The van der Waals surface area contributed by atoms with Gasteiger partial charge in [-0.1, -0.05) is 6.07 Å². The summed E-state index contributed by atoms with van der Waals surface area (Å²) in [5.41, 5.74) is 1.40. The van der Waals surface area contributed by atoms with Crippen LogP contribution in [-0.2, 0) is 16.4 Å². The van der Waals surface area contributed by atoms with Gasteiger partial charge in [0.2, 0.25) is 10.0 Å². The standard InChI is InChI=1S/C17H27N3O3S/c1-14-4-3-5-16(18-14)6-9-19-10-7-17(21)8-11-20(24(2,22)23)13-15(17)12-19/h3-5,15,21H,6-13H2,1-2H3/t15-,17-/m1/s1. The molecule has 3 rings (SSSR count). The first-order valence-electron chi connectivity index (χ1n) is 8.59. The smallest absolute Gasteiger partial charge is 0.211 e. The third kappa shape index (κ3) is 3.96. The number of pyridine rings is 1. The number of rotatable bonds is 4. The summed E-state index contributed by atoms with van der Waals surface area (Å²) in [6.07, 6.45) is 3.39. The Kier molecular flexibility index (Phi) is 4.97. The first-order valence-corrected chi connectivity index (χ1v) is 10.4. The normalized spacial score (nSPS) is 29.4. The number of hydrogen-bond acceptors (Lipinski definition) is 5. The fraction of sp³-hybridized carbons (Fsp3) is 0.706. The maximum absolute atomic E-state index is 11.8. The third-order valence-electron chi connectivity index (χ3n) is 5.42. The third-order valence-corrected chi connectivity index (χ3v) is 6.69. The number of hydrogen-bond donors (Lipinski definition) is 1. The summed E-state index contributed by atoms with van der Waals surface area (Å²) in [6, 6.07) is 6.06. The molecule has 2 saturated heterocycles. The molecule has 2 aliphatic heterocycles. The minimum absolute atomic E-state index is 0.0137. The molecule has 0 aliphatic carbocycles. The molecule has 2 fully saturated rings. The molecule has 0 amide bonds. The number of nitrogens with zero attached hydrogens (tertiary/aromatic N) is 3. The molecule has 134 valence electrons. The van der Waals surface area contributed by atoms with Crippen molar-refractivity contribution >= 4 is 10.0 Å². The lowest BCUT2D eigenvalue weighted by Gasteiger charge is -2.49. The van der Waals surface area contributed by atoms with Crippen LogP contribution in [-0.4, -0.2) is 72.3 Å². The van der Waals surface area contributed by atoms with Crippen LogP contribution in [0.3, 0.4) is 0 Å². The lowest BCUT2D eigenvalue weighted by molar-refractivity contribution is -0.101. The Bertz CT molecular complexity index is 694. The van der Waals surface area contributed by atoms with E-state index in [9.17, 15) is 13.5 Å². The molecule has 0 unspecified atom stereocenters. The zero-order valence-corrected chi connectivity index (χ0v) is 15.3. The van der Waals surface area contributed by atoms with Crippen LogP contribution in [0.1, 0.15) is 24.2 Å². The van der Waals surface area contributed by atoms with Gasteiger partial charge in [-0.25, -0.2) is 12.7 Å². The fourth-order valence-corrected chi connectivity index (χ4v) is 4.73. The highest BCUT2D eigenvalue weighted by atomic mass is 32.2. The second-order valence-corrected chi connectivity index (χ2v) is 9.22. The van der Waals surface area contributed by atoms with Gasteiger partial charge in [0, 0.05) is 56.5 Å². The van der Waals surface area contributed by atoms with Gasteiger partial charge >= 0.3 is 0 Å². The molecule has 3 heterocycles. The molecule has 1 aromatic heterocycles. The Hall–Kier alpha value is -1.02. The molecular formula is C17H27N3O3S. The van der Waals surface area contributed by atoms with Gasteiger partial charge < -0.3 is 10.0 Å². The molecule has 2 atom stereocenters. The van der Waals surface area contributed by atoms with Crippen LogP contribution >= 0.6 is 0 Å². The molecule has 6 nitrogen and oxygen atoms in total. The van der Waals surface area contributed by atoms with E-state index < -0.39 is 15.6 Å². The Morgan fingerprint density at radius 2 is 2.04 bits per heavy atom. The van der Waals surface area contributed by atoms with Crippen molar-refractivity contribution in [3.63, 3.8) is 0 Å². The number of fused-ring (bicyclic) bond motifs is 1. The van der Waals surface area contributed by atoms with E-state index in [0.29, 0.717) is 19.5 Å². The highest BCUT2D eigenvalue weighted by Crippen LogP contribution is 2.36. The summed E-state index contributed by atoms with van der Waals surface area (Å²) < 4.78 is 25.1. The Morgan fingerprint density at radius 3 is 2.75 bits per heavy atom. The molecule has 1 aromatic rings. The molecular weight excluding hydrogens is 326 g/mol. The van der Waals surface area contributed by atoms with Gasteiger partial charge in [-0.15, -0.1) is 0 Å². The first-order chi connectivity index (χ1) is 11.3. The predicted molar refractivity (Wildman–Crippen MR) is 93.2 cm³/mol. The molecule has 1 N–H and O–H groups in total. The maximum atomic E-state index is 11.8. The van der Waals surface area contributed by atoms with Crippen molar-refractivity contribution < 1.29 is 13.5 Å². The van der Waals surface area contributed by atoms with Crippen molar-refractivity contribution in [3.05, 3.63) is 29.6 Å². The summed E-state index contributed by atoms with van der Waals surface area (Å²) in [4.78, 5) is 6.86. The predicted octanol–water partition coefficient (Wildman–Crippen LogP) is 0.651. The second kappa shape index (κ2) is 6.71. The number of aliphatic hydroxyl groups is 1. The minimum Gasteiger partial charge on any atom is -0.389 e. The van der Waals surface area contributed by atoms with E-state index in [0.717, 1.165) is 43.9 Å². The van der Waals surface area contributed by atoms with Gasteiger partial charge in [0.15, 0.2) is 0 Å². The van der Waals surface area contributed by atoms with Crippen LogP contribution in [0.15, 0.2) is 18.2 Å². The highest BCUT2D eigenvalue weighted by Gasteiger charge is 2.46. The van der Waals surface area contributed by atoms with Crippen LogP contribution in [0.4, 0.5) is 0 Å². The Labute approximate surface area is 144 Å². The number of aryl methyl sites for hydroxylation is 1. The molecule has 0 radical (unpaired) electrons. The van der Waals surface area contributed by atoms with E-state index >= 15 is 0 Å². The Balaban J connectivity index is 1.61. The van der Waals surface area contributed by atoms with E-state index in [-0.39, 0.29) is 5.92 Å². The molecule has 2 aliphatic rings. The average molecular weight is 353 g/mol. The summed E-state index contributed by atoms with van der Waals surface area (Å²) in [6.45, 7) is 5.34. The number of aromatic nitrogens is 1. The summed E-state index contributed by atoms with van der Waals surface area (Å²) >= 11 is 0. The Morgan fingerprint density at radius 1 is 1.29 bits per heavy atom. The second-order valence-electron chi connectivity index (χ2n) is 7.24. The maximum Gasteiger partial charge on any atom is 0.211 e. The molecule has 0 saturated carbocycles. The van der Waals surface area contributed by atoms with Crippen LogP contribution in [0, 0.1) is 12.8 Å². The number of sulfonamides is 1. The minimum atomic E-state index is -3.19. The summed E-state index contributed by atoms with van der Waals surface area (Å²) in [7, 11) is -3.19. The van der Waals surface area contributed by atoms with Crippen LogP contribution < -0.4 is 0 Å². The van der Waals surface area contributed by atoms with Gasteiger partial charge in [-0.3, -0.25) is 4.98 Å². The van der Waals surface area contributed by atoms with Gasteiger partial charge in [0.05, 0.1) is 11.9 Å².